The van der Waals surface area contributed by atoms with E-state index in [1.165, 1.54) is 36.8 Å². The summed E-state index contributed by atoms with van der Waals surface area (Å²) < 4.78 is 0. The van der Waals surface area contributed by atoms with Gasteiger partial charge in [-0.1, -0.05) is 57.0 Å². The Bertz CT molecular complexity index is 455. The van der Waals surface area contributed by atoms with Gasteiger partial charge in [-0.05, 0) is 43.1 Å². The van der Waals surface area contributed by atoms with Crippen LogP contribution in [0.5, 0.6) is 0 Å². The van der Waals surface area contributed by atoms with Crippen LogP contribution in [-0.4, -0.2) is 11.3 Å². The minimum atomic E-state index is 0.378. The quantitative estimate of drug-likeness (QED) is 0.813. The van der Waals surface area contributed by atoms with Crippen molar-refractivity contribution in [3.8, 4) is 0 Å². The van der Waals surface area contributed by atoms with Crippen molar-refractivity contribution in [1.29, 1.82) is 0 Å². The van der Waals surface area contributed by atoms with Crippen LogP contribution in [0.1, 0.15) is 57.6 Å². The summed E-state index contributed by atoms with van der Waals surface area (Å²) in [4.78, 5) is 0. The summed E-state index contributed by atoms with van der Waals surface area (Å²) in [5.74, 6) is 1.93. The van der Waals surface area contributed by atoms with Crippen LogP contribution in [0.2, 0.25) is 0 Å². The Labute approximate surface area is 135 Å². The minimum Gasteiger partial charge on any atom is -0.327 e. The molecule has 1 nitrogen and oxygen atoms in total. The van der Waals surface area contributed by atoms with Crippen LogP contribution in [0.4, 0.5) is 0 Å². The van der Waals surface area contributed by atoms with Gasteiger partial charge in [0.1, 0.15) is 0 Å². The van der Waals surface area contributed by atoms with Crippen molar-refractivity contribution in [3.63, 3.8) is 0 Å². The van der Waals surface area contributed by atoms with E-state index in [0.717, 1.165) is 11.7 Å². The molecule has 1 fully saturated rings. The van der Waals surface area contributed by atoms with Gasteiger partial charge in [0.15, 0.2) is 0 Å². The van der Waals surface area contributed by atoms with Gasteiger partial charge in [0, 0.05) is 17.0 Å². The molecule has 0 saturated heterocycles. The van der Waals surface area contributed by atoms with Gasteiger partial charge in [-0.25, -0.2) is 0 Å². The molecule has 2 heteroatoms. The molecule has 2 N–H and O–H groups in total. The lowest BCUT2D eigenvalue weighted by Gasteiger charge is -2.42. The smallest absolute Gasteiger partial charge is 0.0205 e. The second kappa shape index (κ2) is 7.19. The number of hydrogen-bond acceptors (Lipinski definition) is 2. The Hall–Kier alpha value is -0.470. The van der Waals surface area contributed by atoms with E-state index in [1.54, 1.807) is 0 Å². The van der Waals surface area contributed by atoms with Crippen molar-refractivity contribution in [3.05, 3.63) is 35.4 Å². The van der Waals surface area contributed by atoms with E-state index in [0.29, 0.717) is 16.7 Å². The molecule has 1 aliphatic rings. The van der Waals surface area contributed by atoms with E-state index in [1.807, 2.05) is 0 Å². The number of aryl methyl sites for hydroxylation is 1. The first-order valence-corrected chi connectivity index (χ1v) is 9.40. The number of thioether (sulfide) groups is 1. The summed E-state index contributed by atoms with van der Waals surface area (Å²) in [5, 5.41) is 0.620. The summed E-state index contributed by atoms with van der Waals surface area (Å²) in [6.07, 6.45) is 5.06. The largest absolute Gasteiger partial charge is 0.327 e. The van der Waals surface area contributed by atoms with E-state index in [-0.39, 0.29) is 0 Å². The van der Waals surface area contributed by atoms with E-state index in [2.05, 4.69) is 63.7 Å². The van der Waals surface area contributed by atoms with Gasteiger partial charge in [-0.2, -0.15) is 11.8 Å². The normalized spacial score (nSPS) is 26.8. The van der Waals surface area contributed by atoms with Crippen LogP contribution >= 0.6 is 11.8 Å². The third kappa shape index (κ3) is 4.50. The summed E-state index contributed by atoms with van der Waals surface area (Å²) in [6.45, 7) is 9.34. The average molecular weight is 306 g/mol. The summed E-state index contributed by atoms with van der Waals surface area (Å²) in [5.41, 5.74) is 9.65. The van der Waals surface area contributed by atoms with Crippen LogP contribution < -0.4 is 5.73 Å². The molecular weight excluding hydrogens is 274 g/mol. The van der Waals surface area contributed by atoms with Gasteiger partial charge in [-0.15, -0.1) is 0 Å². The van der Waals surface area contributed by atoms with Crippen molar-refractivity contribution in [2.24, 2.45) is 17.1 Å². The van der Waals surface area contributed by atoms with Crippen LogP contribution in [0.25, 0.3) is 0 Å². The first kappa shape index (κ1) is 16.9. The highest BCUT2D eigenvalue weighted by molar-refractivity contribution is 7.99. The van der Waals surface area contributed by atoms with Crippen molar-refractivity contribution in [2.45, 2.75) is 70.4 Å². The van der Waals surface area contributed by atoms with Gasteiger partial charge in [0.25, 0.3) is 0 Å². The number of rotatable bonds is 5. The highest BCUT2D eigenvalue weighted by Gasteiger charge is 2.35. The van der Waals surface area contributed by atoms with E-state index in [9.17, 15) is 0 Å². The molecule has 0 amide bonds. The Morgan fingerprint density at radius 3 is 2.71 bits per heavy atom. The van der Waals surface area contributed by atoms with Crippen LogP contribution in [0.15, 0.2) is 24.3 Å². The zero-order chi connectivity index (χ0) is 15.5. The Kier molecular flexibility index (Phi) is 5.79. The fourth-order valence-electron chi connectivity index (χ4n) is 3.35. The predicted molar refractivity (Wildman–Crippen MR) is 95.7 cm³/mol. The third-order valence-corrected chi connectivity index (χ3v) is 6.88. The predicted octanol–water partition coefficient (Wildman–Crippen LogP) is 5.16. The molecule has 1 saturated carbocycles. The second-order valence-electron chi connectivity index (χ2n) is 7.35. The molecule has 0 bridgehead atoms. The first-order valence-electron chi connectivity index (χ1n) is 8.35. The highest BCUT2D eigenvalue weighted by atomic mass is 32.2. The Morgan fingerprint density at radius 1 is 1.29 bits per heavy atom. The van der Waals surface area contributed by atoms with Gasteiger partial charge in [-0.3, -0.25) is 0 Å². The summed E-state index contributed by atoms with van der Waals surface area (Å²) in [7, 11) is 0. The first-order chi connectivity index (χ1) is 9.92. The van der Waals surface area contributed by atoms with E-state index < -0.39 is 0 Å². The molecule has 0 aromatic heterocycles. The molecular formula is C19H31NS. The zero-order valence-corrected chi connectivity index (χ0v) is 14.9. The number of nitrogens with two attached hydrogens (primary N) is 1. The molecule has 1 aromatic carbocycles. The Balaban J connectivity index is 1.95. The van der Waals surface area contributed by atoms with Crippen molar-refractivity contribution >= 4 is 11.8 Å². The van der Waals surface area contributed by atoms with Gasteiger partial charge in [0.05, 0.1) is 0 Å². The molecule has 1 aliphatic carbocycles. The topological polar surface area (TPSA) is 26.0 Å². The lowest BCUT2D eigenvalue weighted by atomic mass is 9.69. The second-order valence-corrected chi connectivity index (χ2v) is 8.58. The minimum absolute atomic E-state index is 0.378. The van der Waals surface area contributed by atoms with Crippen LogP contribution in [-0.2, 0) is 5.75 Å². The van der Waals surface area contributed by atoms with Crippen LogP contribution in [0, 0.1) is 18.3 Å². The molecule has 0 aliphatic heterocycles. The summed E-state index contributed by atoms with van der Waals surface area (Å²) >= 11 is 2.07. The molecule has 0 heterocycles. The van der Waals surface area contributed by atoms with Gasteiger partial charge >= 0.3 is 0 Å². The summed E-state index contributed by atoms with van der Waals surface area (Å²) in [6, 6.07) is 9.25. The zero-order valence-electron chi connectivity index (χ0n) is 14.1. The molecule has 1 aromatic rings. The van der Waals surface area contributed by atoms with Crippen LogP contribution in [0.3, 0.4) is 0 Å². The van der Waals surface area contributed by atoms with Gasteiger partial charge in [0.2, 0.25) is 0 Å². The molecule has 2 rings (SSSR count). The van der Waals surface area contributed by atoms with Crippen molar-refractivity contribution < 1.29 is 0 Å². The maximum atomic E-state index is 6.40. The fraction of sp³-hybridized carbons (Fsp3) is 0.684. The Morgan fingerprint density at radius 2 is 2.05 bits per heavy atom. The fourth-order valence-corrected chi connectivity index (χ4v) is 4.69. The molecule has 118 valence electrons. The van der Waals surface area contributed by atoms with Crippen molar-refractivity contribution in [2.75, 3.05) is 0 Å². The van der Waals surface area contributed by atoms with Crippen molar-refractivity contribution in [1.82, 2.24) is 0 Å². The molecule has 3 unspecified atom stereocenters. The number of hydrogen-bond donors (Lipinski definition) is 1. The highest BCUT2D eigenvalue weighted by Crippen LogP contribution is 2.43. The molecule has 21 heavy (non-hydrogen) atoms. The third-order valence-electron chi connectivity index (χ3n) is 5.41. The maximum Gasteiger partial charge on any atom is 0.0205 e. The SMILES string of the molecule is CCC(C)(C)C1CCC(N)C(SCc2cccc(C)c2)C1. The monoisotopic (exact) mass is 305 g/mol. The lowest BCUT2D eigenvalue weighted by molar-refractivity contribution is 0.148. The van der Waals surface area contributed by atoms with E-state index in [4.69, 9.17) is 5.73 Å². The standard InChI is InChI=1S/C19H31NS/c1-5-19(3,4)16-9-10-17(20)18(12-16)21-13-15-8-6-7-14(2)11-15/h6-8,11,16-18H,5,9-10,12-13,20H2,1-4H3. The lowest BCUT2D eigenvalue weighted by Crippen LogP contribution is -2.42. The van der Waals surface area contributed by atoms with E-state index >= 15 is 0 Å². The maximum absolute atomic E-state index is 6.40. The number of benzene rings is 1. The molecule has 0 radical (unpaired) electrons. The molecule has 0 spiro atoms. The van der Waals surface area contributed by atoms with Gasteiger partial charge < -0.3 is 5.73 Å². The molecule has 3 atom stereocenters. The average Bonchev–Trinajstić information content (AvgIpc) is 2.46.